The summed E-state index contributed by atoms with van der Waals surface area (Å²) in [5.41, 5.74) is 21.3. The molecule has 0 fully saturated rings. The lowest BCUT2D eigenvalue weighted by molar-refractivity contribution is -0.119. The molecule has 0 bridgehead atoms. The number of rotatable bonds is 28. The molecule has 290 valence electrons. The fourth-order valence-corrected chi connectivity index (χ4v) is 7.97. The number of nitrogens with two attached hydrogens (primary N) is 3. The Bertz CT molecular complexity index is 1640. The highest BCUT2D eigenvalue weighted by molar-refractivity contribution is 7.99. The maximum Gasteiger partial charge on any atom is 0.185 e. The van der Waals surface area contributed by atoms with Crippen LogP contribution in [0.4, 0.5) is 0 Å². The van der Waals surface area contributed by atoms with Gasteiger partial charge in [0, 0.05) is 85.0 Å². The van der Waals surface area contributed by atoms with Crippen molar-refractivity contribution in [2.24, 2.45) is 17.2 Å². The lowest BCUT2D eigenvalue weighted by Crippen LogP contribution is -2.14. The second kappa shape index (κ2) is 24.4. The van der Waals surface area contributed by atoms with E-state index in [9.17, 15) is 19.2 Å². The van der Waals surface area contributed by atoms with Crippen LogP contribution in [-0.4, -0.2) is 69.2 Å². The molecule has 1 heterocycles. The molecule has 0 spiro atoms. The Morgan fingerprint density at radius 2 is 1.02 bits per heavy atom. The number of carbonyl (C=O) groups is 4. The Labute approximate surface area is 327 Å². The normalized spacial score (nSPS) is 11.0. The van der Waals surface area contributed by atoms with Crippen molar-refractivity contribution in [1.82, 2.24) is 9.97 Å². The van der Waals surface area contributed by atoms with Crippen LogP contribution in [0.5, 0.6) is 0 Å². The van der Waals surface area contributed by atoms with Crippen LogP contribution in [0.1, 0.15) is 114 Å². The summed E-state index contributed by atoms with van der Waals surface area (Å²) in [5.74, 6) is 1.11. The molecule has 0 aliphatic carbocycles. The maximum atomic E-state index is 13.6. The summed E-state index contributed by atoms with van der Waals surface area (Å²) in [6.07, 6.45) is 8.96. The second-order valence-corrected chi connectivity index (χ2v) is 15.6. The fourth-order valence-electron chi connectivity index (χ4n) is 6.02. The van der Waals surface area contributed by atoms with Gasteiger partial charge in [0.25, 0.3) is 0 Å². The Morgan fingerprint density at radius 3 is 1.43 bits per heavy atom. The van der Waals surface area contributed by atoms with Gasteiger partial charge in [0.1, 0.15) is 29.3 Å². The number of carbonyl (C=O) groups excluding carboxylic acids is 4. The van der Waals surface area contributed by atoms with Gasteiger partial charge in [-0.05, 0) is 67.3 Å². The quantitative estimate of drug-likeness (QED) is 0.0176. The van der Waals surface area contributed by atoms with E-state index in [-0.39, 0.29) is 66.0 Å². The lowest BCUT2D eigenvalue weighted by atomic mass is 9.98. The maximum absolute atomic E-state index is 13.6. The molecule has 11 nitrogen and oxygen atoms in total. The molecular formula is C41H55N7O4S2. The zero-order valence-corrected chi connectivity index (χ0v) is 33.1. The smallest absolute Gasteiger partial charge is 0.185 e. The summed E-state index contributed by atoms with van der Waals surface area (Å²) < 4.78 is 0. The molecule has 1 aromatic heterocycles. The van der Waals surface area contributed by atoms with Gasteiger partial charge in [0.05, 0.1) is 5.84 Å². The third-order valence-electron chi connectivity index (χ3n) is 8.71. The number of Topliss-reactive ketones (excluding diaryl/α,β-unsaturated/α-hetero) is 4. The van der Waals surface area contributed by atoms with Crippen LogP contribution in [0.2, 0.25) is 0 Å². The molecule has 0 atom stereocenters. The molecule has 54 heavy (non-hydrogen) atoms. The summed E-state index contributed by atoms with van der Waals surface area (Å²) in [6, 6.07) is 12.7. The van der Waals surface area contributed by atoms with E-state index < -0.39 is 0 Å². The number of amidine groups is 1. The van der Waals surface area contributed by atoms with E-state index in [2.05, 4.69) is 9.97 Å². The average molecular weight is 774 g/mol. The van der Waals surface area contributed by atoms with Gasteiger partial charge in [-0.25, -0.2) is 9.97 Å². The predicted molar refractivity (Wildman–Crippen MR) is 219 cm³/mol. The number of benzene rings is 2. The Balaban J connectivity index is 1.72. The number of ketones is 4. The molecule has 3 aromatic rings. The first kappa shape index (κ1) is 44.4. The van der Waals surface area contributed by atoms with E-state index in [0.717, 1.165) is 77.0 Å². The molecule has 0 saturated carbocycles. The van der Waals surface area contributed by atoms with Crippen molar-refractivity contribution in [3.63, 3.8) is 0 Å². The van der Waals surface area contributed by atoms with E-state index in [1.807, 2.05) is 36.4 Å². The number of aromatic nitrogens is 2. The van der Waals surface area contributed by atoms with Gasteiger partial charge in [-0.1, -0.05) is 49.2 Å². The van der Waals surface area contributed by atoms with E-state index in [1.165, 1.54) is 35.9 Å². The Kier molecular flexibility index (Phi) is 20.0. The number of nitrogens with zero attached hydrogens (tertiary/aromatic N) is 2. The summed E-state index contributed by atoms with van der Waals surface area (Å²) >= 11 is 3.06. The monoisotopic (exact) mass is 773 g/mol. The molecule has 2 aromatic carbocycles. The van der Waals surface area contributed by atoms with Crippen molar-refractivity contribution in [2.75, 3.05) is 24.6 Å². The van der Waals surface area contributed by atoms with E-state index >= 15 is 0 Å². The lowest BCUT2D eigenvalue weighted by Gasteiger charge is -2.14. The first-order chi connectivity index (χ1) is 26.0. The first-order valence-electron chi connectivity index (χ1n) is 18.7. The molecular weight excluding hydrogens is 719 g/mol. The summed E-state index contributed by atoms with van der Waals surface area (Å²) in [6.45, 7) is 2.68. The standard InChI is InChI=1S/C41H55N7O4S2/c1-28(44)10-4-2-5-15-33(49)22-29-11-8-13-31(40(29)53-20-18-42)24-37(51)35-26-36(48-27-47-35)38(52)25-32-14-9-12-30(41(32)54-21-19-43)23-34(50)16-6-3-7-17-39(45)46/h8-9,11-14,26-27,44H,2-7,10,15-25,42-43H2,1H3,(H3,45,46). The van der Waals surface area contributed by atoms with E-state index in [0.29, 0.717) is 49.6 Å². The van der Waals surface area contributed by atoms with Crippen molar-refractivity contribution in [1.29, 1.82) is 10.8 Å². The van der Waals surface area contributed by atoms with Crippen LogP contribution < -0.4 is 17.2 Å². The van der Waals surface area contributed by atoms with Crippen LogP contribution in [-0.2, 0) is 35.3 Å². The van der Waals surface area contributed by atoms with Gasteiger partial charge < -0.3 is 22.6 Å². The highest BCUT2D eigenvalue weighted by atomic mass is 32.2. The molecule has 0 amide bonds. The molecule has 0 radical (unpaired) electrons. The zero-order chi connectivity index (χ0) is 39.3. The molecule has 0 aliphatic heterocycles. The summed E-state index contributed by atoms with van der Waals surface area (Å²) in [7, 11) is 0. The zero-order valence-electron chi connectivity index (χ0n) is 31.4. The van der Waals surface area contributed by atoms with E-state index in [1.54, 1.807) is 6.92 Å². The third kappa shape index (κ3) is 15.7. The Morgan fingerprint density at radius 1 is 0.611 bits per heavy atom. The van der Waals surface area contributed by atoms with Crippen LogP contribution in [0, 0.1) is 10.8 Å². The predicted octanol–water partition coefficient (Wildman–Crippen LogP) is 6.53. The number of hydrogen-bond donors (Lipinski definition) is 5. The number of thioether (sulfide) groups is 2. The minimum Gasteiger partial charge on any atom is -0.388 e. The SMILES string of the molecule is CC(=N)CCCCCC(=O)Cc1cccc(CC(=O)c2cc(C(=O)Cc3cccc(CC(=O)CCCCCC(=N)N)c3SCCN)ncn2)c1SCCN. The highest BCUT2D eigenvalue weighted by Crippen LogP contribution is 2.31. The average Bonchev–Trinajstić information content (AvgIpc) is 3.13. The van der Waals surface area contributed by atoms with Crippen LogP contribution in [0.25, 0.3) is 0 Å². The van der Waals surface area contributed by atoms with E-state index in [4.69, 9.17) is 28.0 Å². The highest BCUT2D eigenvalue weighted by Gasteiger charge is 2.20. The van der Waals surface area contributed by atoms with Crippen molar-refractivity contribution >= 4 is 58.2 Å². The molecule has 3 rings (SSSR count). The van der Waals surface area contributed by atoms with Gasteiger partial charge in [-0.2, -0.15) is 0 Å². The minimum atomic E-state index is -0.275. The minimum absolute atomic E-state index is 0.0306. The topological polar surface area (TPSA) is 220 Å². The van der Waals surface area contributed by atoms with Gasteiger partial charge in [-0.15, -0.1) is 23.5 Å². The molecule has 13 heteroatoms. The summed E-state index contributed by atoms with van der Waals surface area (Å²) in [4.78, 5) is 63.3. The molecule has 8 N–H and O–H groups in total. The fraction of sp³-hybridized carbons (Fsp3) is 0.463. The van der Waals surface area contributed by atoms with Crippen molar-refractivity contribution in [2.45, 2.75) is 107 Å². The Hall–Kier alpha value is -4.04. The summed E-state index contributed by atoms with van der Waals surface area (Å²) in [5, 5.41) is 14.9. The van der Waals surface area contributed by atoms with Gasteiger partial charge in [-0.3, -0.25) is 24.6 Å². The van der Waals surface area contributed by atoms with Gasteiger partial charge >= 0.3 is 0 Å². The van der Waals surface area contributed by atoms with Crippen LogP contribution in [0.15, 0.2) is 58.6 Å². The molecule has 0 aliphatic rings. The van der Waals surface area contributed by atoms with Crippen molar-refractivity contribution in [3.05, 3.63) is 82.4 Å². The van der Waals surface area contributed by atoms with Crippen LogP contribution in [0.3, 0.4) is 0 Å². The van der Waals surface area contributed by atoms with Crippen LogP contribution >= 0.6 is 23.5 Å². The third-order valence-corrected chi connectivity index (χ3v) is 11.2. The first-order valence-corrected chi connectivity index (χ1v) is 20.7. The van der Waals surface area contributed by atoms with Gasteiger partial charge in [0.15, 0.2) is 11.6 Å². The molecule has 0 saturated heterocycles. The second-order valence-electron chi connectivity index (χ2n) is 13.4. The van der Waals surface area contributed by atoms with Gasteiger partial charge in [0.2, 0.25) is 0 Å². The van der Waals surface area contributed by atoms with Crippen molar-refractivity contribution < 1.29 is 19.2 Å². The molecule has 0 unspecified atom stereocenters. The number of hydrogen-bond acceptors (Lipinski definition) is 12. The van der Waals surface area contributed by atoms with Crippen molar-refractivity contribution in [3.8, 4) is 0 Å². The number of nitrogens with one attached hydrogen (secondary N) is 2. The largest absolute Gasteiger partial charge is 0.388 e. The number of unbranched alkanes of at least 4 members (excludes halogenated alkanes) is 4.